The average Bonchev–Trinajstić information content (AvgIpc) is 2.27. The zero-order valence-electron chi connectivity index (χ0n) is 9.11. The van der Waals surface area contributed by atoms with E-state index >= 15 is 0 Å². The third-order valence-corrected chi connectivity index (χ3v) is 2.18. The summed E-state index contributed by atoms with van der Waals surface area (Å²) in [7, 11) is 0. The maximum absolute atomic E-state index is 12.1. The molecule has 0 aliphatic heterocycles. The summed E-state index contributed by atoms with van der Waals surface area (Å²) in [5.41, 5.74) is 6.98. The van der Waals surface area contributed by atoms with Gasteiger partial charge in [-0.2, -0.15) is 0 Å². The van der Waals surface area contributed by atoms with Crippen LogP contribution in [0.1, 0.15) is 0 Å². The van der Waals surface area contributed by atoms with Gasteiger partial charge in [0.05, 0.1) is 11.4 Å². The highest BCUT2D eigenvalue weighted by atomic mass is 19.4. The molecule has 0 atom stereocenters. The zero-order chi connectivity index (χ0) is 13.2. The number of anilines is 1. The van der Waals surface area contributed by atoms with Crippen molar-refractivity contribution in [3.05, 3.63) is 42.6 Å². The molecule has 1 heterocycles. The van der Waals surface area contributed by atoms with Gasteiger partial charge in [0.15, 0.2) is 0 Å². The van der Waals surface area contributed by atoms with Crippen molar-refractivity contribution in [2.75, 3.05) is 5.73 Å². The van der Waals surface area contributed by atoms with E-state index in [0.717, 1.165) is 0 Å². The number of hydrogen-bond donors (Lipinski definition) is 1. The van der Waals surface area contributed by atoms with Gasteiger partial charge in [-0.05, 0) is 24.3 Å². The second kappa shape index (κ2) is 4.56. The Labute approximate surface area is 101 Å². The maximum Gasteiger partial charge on any atom is 0.573 e. The number of nitrogens with two attached hydrogens (primary N) is 1. The van der Waals surface area contributed by atoms with Gasteiger partial charge in [-0.25, -0.2) is 0 Å². The molecule has 0 unspecified atom stereocenters. The van der Waals surface area contributed by atoms with Gasteiger partial charge in [0.1, 0.15) is 5.75 Å². The Morgan fingerprint density at radius 1 is 1.11 bits per heavy atom. The first-order valence-corrected chi connectivity index (χ1v) is 5.02. The number of hydrogen-bond acceptors (Lipinski definition) is 3. The van der Waals surface area contributed by atoms with Crippen molar-refractivity contribution in [2.45, 2.75) is 6.36 Å². The van der Waals surface area contributed by atoms with Crippen LogP contribution in [0.25, 0.3) is 11.3 Å². The molecule has 0 saturated carbocycles. The van der Waals surface area contributed by atoms with Crippen LogP contribution in [0.3, 0.4) is 0 Å². The molecule has 2 aromatic rings. The van der Waals surface area contributed by atoms with Crippen molar-refractivity contribution in [3.8, 4) is 17.0 Å². The van der Waals surface area contributed by atoms with E-state index in [1.54, 1.807) is 18.2 Å². The van der Waals surface area contributed by atoms with Gasteiger partial charge in [-0.3, -0.25) is 4.98 Å². The quantitative estimate of drug-likeness (QED) is 0.895. The molecule has 0 fully saturated rings. The largest absolute Gasteiger partial charge is 0.573 e. The highest BCUT2D eigenvalue weighted by molar-refractivity contribution is 5.72. The Kier molecular flexibility index (Phi) is 3.10. The highest BCUT2D eigenvalue weighted by Crippen LogP contribution is 2.29. The minimum Gasteiger partial charge on any atom is -0.406 e. The van der Waals surface area contributed by atoms with Crippen LogP contribution >= 0.6 is 0 Å². The van der Waals surface area contributed by atoms with Gasteiger partial charge >= 0.3 is 6.36 Å². The van der Waals surface area contributed by atoms with Gasteiger partial charge in [0.2, 0.25) is 0 Å². The van der Waals surface area contributed by atoms with Crippen LogP contribution in [-0.4, -0.2) is 11.3 Å². The number of nitrogens with zero attached hydrogens (tertiary/aromatic N) is 1. The summed E-state index contributed by atoms with van der Waals surface area (Å²) in [4.78, 5) is 4.02. The van der Waals surface area contributed by atoms with E-state index < -0.39 is 6.36 Å². The molecule has 0 radical (unpaired) electrons. The SMILES string of the molecule is Nc1cccnc1-c1cccc(OC(F)(F)F)c1. The van der Waals surface area contributed by atoms with Crippen LogP contribution in [0.2, 0.25) is 0 Å². The van der Waals surface area contributed by atoms with Crippen LogP contribution in [0.4, 0.5) is 18.9 Å². The monoisotopic (exact) mass is 254 g/mol. The minimum absolute atomic E-state index is 0.301. The van der Waals surface area contributed by atoms with Crippen molar-refractivity contribution >= 4 is 5.69 Å². The number of ether oxygens (including phenoxy) is 1. The first-order chi connectivity index (χ1) is 8.46. The minimum atomic E-state index is -4.71. The fourth-order valence-corrected chi connectivity index (χ4v) is 1.50. The molecule has 0 amide bonds. The van der Waals surface area contributed by atoms with Gasteiger partial charge in [-0.1, -0.05) is 12.1 Å². The first kappa shape index (κ1) is 12.2. The van der Waals surface area contributed by atoms with Crippen LogP contribution in [0.15, 0.2) is 42.6 Å². The van der Waals surface area contributed by atoms with Gasteiger partial charge < -0.3 is 10.5 Å². The second-order valence-electron chi connectivity index (χ2n) is 3.52. The van der Waals surface area contributed by atoms with E-state index in [1.165, 1.54) is 24.4 Å². The number of alkyl halides is 3. The molecule has 0 aliphatic rings. The summed E-state index contributed by atoms with van der Waals surface area (Å²) >= 11 is 0. The van der Waals surface area contributed by atoms with E-state index in [4.69, 9.17) is 5.73 Å². The van der Waals surface area contributed by atoms with Crippen molar-refractivity contribution in [1.29, 1.82) is 0 Å². The second-order valence-corrected chi connectivity index (χ2v) is 3.52. The van der Waals surface area contributed by atoms with Crippen molar-refractivity contribution < 1.29 is 17.9 Å². The molecular formula is C12H9F3N2O. The molecule has 2 rings (SSSR count). The number of aromatic nitrogens is 1. The Morgan fingerprint density at radius 2 is 1.89 bits per heavy atom. The number of pyridine rings is 1. The lowest BCUT2D eigenvalue weighted by molar-refractivity contribution is -0.274. The Bertz CT molecular complexity index is 555. The van der Waals surface area contributed by atoms with Crippen LogP contribution in [0, 0.1) is 0 Å². The summed E-state index contributed by atoms with van der Waals surface area (Å²) in [6.07, 6.45) is -3.20. The molecule has 1 aromatic heterocycles. The first-order valence-electron chi connectivity index (χ1n) is 5.02. The lowest BCUT2D eigenvalue weighted by atomic mass is 10.1. The van der Waals surface area contributed by atoms with E-state index in [1.807, 2.05) is 0 Å². The fourth-order valence-electron chi connectivity index (χ4n) is 1.50. The molecule has 94 valence electrons. The third kappa shape index (κ3) is 2.91. The molecule has 0 saturated heterocycles. The van der Waals surface area contributed by atoms with Gasteiger partial charge in [0, 0.05) is 11.8 Å². The topological polar surface area (TPSA) is 48.1 Å². The molecule has 1 aromatic carbocycles. The smallest absolute Gasteiger partial charge is 0.406 e. The Balaban J connectivity index is 2.36. The van der Waals surface area contributed by atoms with E-state index in [0.29, 0.717) is 16.9 Å². The molecule has 6 heteroatoms. The van der Waals surface area contributed by atoms with Crippen molar-refractivity contribution in [2.24, 2.45) is 0 Å². The molecule has 18 heavy (non-hydrogen) atoms. The lowest BCUT2D eigenvalue weighted by Gasteiger charge is -2.10. The average molecular weight is 254 g/mol. The predicted octanol–water partition coefficient (Wildman–Crippen LogP) is 3.23. The summed E-state index contributed by atoms with van der Waals surface area (Å²) < 4.78 is 40.1. The molecule has 0 bridgehead atoms. The summed E-state index contributed by atoms with van der Waals surface area (Å²) in [5.74, 6) is -0.301. The summed E-state index contributed by atoms with van der Waals surface area (Å²) in [5, 5.41) is 0. The van der Waals surface area contributed by atoms with Crippen LogP contribution < -0.4 is 10.5 Å². The number of benzene rings is 1. The molecule has 3 nitrogen and oxygen atoms in total. The molecule has 0 aliphatic carbocycles. The standard InChI is InChI=1S/C12H9F3N2O/c13-12(14,15)18-9-4-1-3-8(7-9)11-10(16)5-2-6-17-11/h1-7H,16H2. The third-order valence-electron chi connectivity index (χ3n) is 2.18. The van der Waals surface area contributed by atoms with Crippen LogP contribution in [-0.2, 0) is 0 Å². The van der Waals surface area contributed by atoms with Gasteiger partial charge in [-0.15, -0.1) is 13.2 Å². The molecule has 0 spiro atoms. The fraction of sp³-hybridized carbons (Fsp3) is 0.0833. The van der Waals surface area contributed by atoms with E-state index in [9.17, 15) is 13.2 Å². The van der Waals surface area contributed by atoms with Crippen molar-refractivity contribution in [3.63, 3.8) is 0 Å². The van der Waals surface area contributed by atoms with Crippen LogP contribution in [0.5, 0.6) is 5.75 Å². The number of nitrogen functional groups attached to an aromatic ring is 1. The van der Waals surface area contributed by atoms with Gasteiger partial charge in [0.25, 0.3) is 0 Å². The van der Waals surface area contributed by atoms with E-state index in [2.05, 4.69) is 9.72 Å². The number of halogens is 3. The zero-order valence-corrected chi connectivity index (χ0v) is 9.11. The predicted molar refractivity (Wildman–Crippen MR) is 60.8 cm³/mol. The number of rotatable bonds is 2. The highest BCUT2D eigenvalue weighted by Gasteiger charge is 2.31. The summed E-state index contributed by atoms with van der Waals surface area (Å²) in [6.45, 7) is 0. The normalized spacial score (nSPS) is 11.3. The Hall–Kier alpha value is -2.24. The summed E-state index contributed by atoms with van der Waals surface area (Å²) in [6, 6.07) is 8.79. The lowest BCUT2D eigenvalue weighted by Crippen LogP contribution is -2.17. The van der Waals surface area contributed by atoms with E-state index in [-0.39, 0.29) is 5.75 Å². The molecular weight excluding hydrogens is 245 g/mol. The molecule has 2 N–H and O–H groups in total. The maximum atomic E-state index is 12.1. The Morgan fingerprint density at radius 3 is 2.56 bits per heavy atom. The van der Waals surface area contributed by atoms with Crippen molar-refractivity contribution in [1.82, 2.24) is 4.98 Å².